The molecule has 0 fully saturated rings. The minimum atomic E-state index is 0.465. The molecule has 0 aliphatic rings. The third-order valence-corrected chi connectivity index (χ3v) is 3.23. The predicted octanol–water partition coefficient (Wildman–Crippen LogP) is 2.56. The fraction of sp³-hybridized carbons (Fsp3) is 0.267. The Bertz CT molecular complexity index is 801. The Labute approximate surface area is 127 Å². The summed E-state index contributed by atoms with van der Waals surface area (Å²) in [6.45, 7) is 2.29. The summed E-state index contributed by atoms with van der Waals surface area (Å²) in [7, 11) is 3.23. The number of anilines is 1. The fourth-order valence-electron chi connectivity index (χ4n) is 2.26. The molecule has 0 spiro atoms. The van der Waals surface area contributed by atoms with Crippen LogP contribution in [0.1, 0.15) is 11.5 Å². The van der Waals surface area contributed by atoms with Gasteiger partial charge in [0.05, 0.1) is 14.2 Å². The van der Waals surface area contributed by atoms with Crippen molar-refractivity contribution < 1.29 is 13.9 Å². The molecular weight excluding hydrogens is 284 g/mol. The van der Waals surface area contributed by atoms with E-state index in [2.05, 4.69) is 20.3 Å². The van der Waals surface area contributed by atoms with Crippen LogP contribution in [0.2, 0.25) is 0 Å². The number of oxazole rings is 1. The van der Waals surface area contributed by atoms with Gasteiger partial charge >= 0.3 is 0 Å². The molecule has 0 radical (unpaired) electrons. The van der Waals surface area contributed by atoms with Gasteiger partial charge in [0.15, 0.2) is 28.7 Å². The third-order valence-electron chi connectivity index (χ3n) is 3.23. The minimum absolute atomic E-state index is 0.465. The summed E-state index contributed by atoms with van der Waals surface area (Å²) in [6.07, 6.45) is 1.44. The van der Waals surface area contributed by atoms with Gasteiger partial charge in [-0.1, -0.05) is 12.1 Å². The molecule has 1 aromatic carbocycles. The van der Waals surface area contributed by atoms with Crippen LogP contribution in [0.3, 0.4) is 0 Å². The number of aryl methyl sites for hydroxylation is 1. The van der Waals surface area contributed by atoms with E-state index in [1.807, 2.05) is 18.2 Å². The van der Waals surface area contributed by atoms with Crippen LogP contribution in [0.15, 0.2) is 28.9 Å². The Morgan fingerprint density at radius 2 is 2.05 bits per heavy atom. The van der Waals surface area contributed by atoms with Crippen molar-refractivity contribution in [3.05, 3.63) is 36.0 Å². The Balaban J connectivity index is 1.88. The number of para-hydroxylation sites is 1. The Hall–Kier alpha value is -2.83. The minimum Gasteiger partial charge on any atom is -0.493 e. The number of hydrogen-bond donors (Lipinski definition) is 1. The van der Waals surface area contributed by atoms with Gasteiger partial charge in [0.2, 0.25) is 0 Å². The summed E-state index contributed by atoms with van der Waals surface area (Å²) >= 11 is 0. The van der Waals surface area contributed by atoms with Crippen LogP contribution in [0.5, 0.6) is 11.5 Å². The first-order valence-corrected chi connectivity index (χ1v) is 6.74. The lowest BCUT2D eigenvalue weighted by molar-refractivity contribution is 0.352. The van der Waals surface area contributed by atoms with Gasteiger partial charge in [0.1, 0.15) is 6.33 Å². The molecule has 3 aromatic rings. The summed E-state index contributed by atoms with van der Waals surface area (Å²) in [5, 5.41) is 3.23. The number of benzene rings is 1. The first kappa shape index (κ1) is 14.1. The topological polar surface area (TPSA) is 82.3 Å². The Morgan fingerprint density at radius 3 is 2.82 bits per heavy atom. The van der Waals surface area contributed by atoms with Gasteiger partial charge in [0.25, 0.3) is 5.71 Å². The van der Waals surface area contributed by atoms with E-state index in [0.717, 1.165) is 5.56 Å². The maximum atomic E-state index is 5.42. The lowest BCUT2D eigenvalue weighted by Gasteiger charge is -2.13. The molecule has 0 aliphatic heterocycles. The molecule has 0 atom stereocenters. The van der Waals surface area contributed by atoms with Crippen LogP contribution < -0.4 is 14.8 Å². The molecular formula is C15H16N4O3. The fourth-order valence-corrected chi connectivity index (χ4v) is 2.26. The maximum absolute atomic E-state index is 5.42. The summed E-state index contributed by atoms with van der Waals surface area (Å²) in [6, 6.07) is 5.72. The Kier molecular flexibility index (Phi) is 3.78. The van der Waals surface area contributed by atoms with Crippen molar-refractivity contribution in [1.29, 1.82) is 0 Å². The summed E-state index contributed by atoms with van der Waals surface area (Å²) in [4.78, 5) is 12.6. The number of aromatic nitrogens is 3. The van der Waals surface area contributed by atoms with Crippen molar-refractivity contribution in [3.63, 3.8) is 0 Å². The highest BCUT2D eigenvalue weighted by Crippen LogP contribution is 2.31. The van der Waals surface area contributed by atoms with Gasteiger partial charge in [0, 0.05) is 19.0 Å². The SMILES string of the molecule is COc1cccc(CNc2ncnc3oc(C)nc23)c1OC. The van der Waals surface area contributed by atoms with Gasteiger partial charge in [-0.05, 0) is 6.07 Å². The lowest BCUT2D eigenvalue weighted by atomic mass is 10.2. The molecule has 0 amide bonds. The van der Waals surface area contributed by atoms with E-state index >= 15 is 0 Å². The average molecular weight is 300 g/mol. The molecule has 0 saturated heterocycles. The molecule has 22 heavy (non-hydrogen) atoms. The van der Waals surface area contributed by atoms with Gasteiger partial charge in [-0.2, -0.15) is 4.98 Å². The smallest absolute Gasteiger partial charge is 0.252 e. The molecule has 7 nitrogen and oxygen atoms in total. The van der Waals surface area contributed by atoms with Crippen molar-refractivity contribution in [2.45, 2.75) is 13.5 Å². The molecule has 114 valence electrons. The largest absolute Gasteiger partial charge is 0.493 e. The normalized spacial score (nSPS) is 10.7. The van der Waals surface area contributed by atoms with E-state index in [9.17, 15) is 0 Å². The van der Waals surface area contributed by atoms with E-state index < -0.39 is 0 Å². The zero-order valence-corrected chi connectivity index (χ0v) is 12.6. The number of methoxy groups -OCH3 is 2. The zero-order chi connectivity index (χ0) is 15.5. The number of hydrogen-bond acceptors (Lipinski definition) is 7. The second-order valence-corrected chi connectivity index (χ2v) is 4.62. The third kappa shape index (κ3) is 2.52. The summed E-state index contributed by atoms with van der Waals surface area (Å²) in [5.74, 6) is 2.55. The van der Waals surface area contributed by atoms with Crippen molar-refractivity contribution in [2.75, 3.05) is 19.5 Å². The van der Waals surface area contributed by atoms with Gasteiger partial charge in [-0.25, -0.2) is 9.97 Å². The van der Waals surface area contributed by atoms with Crippen molar-refractivity contribution in [1.82, 2.24) is 15.0 Å². The van der Waals surface area contributed by atoms with Crippen molar-refractivity contribution in [2.24, 2.45) is 0 Å². The molecule has 0 aliphatic carbocycles. The molecule has 3 rings (SSSR count). The molecule has 0 bridgehead atoms. The van der Waals surface area contributed by atoms with Gasteiger partial charge < -0.3 is 19.2 Å². The van der Waals surface area contributed by atoms with Gasteiger partial charge in [-0.3, -0.25) is 0 Å². The number of nitrogens with one attached hydrogen (secondary N) is 1. The molecule has 2 aromatic heterocycles. The van der Waals surface area contributed by atoms with Crippen LogP contribution in [0.4, 0.5) is 5.82 Å². The summed E-state index contributed by atoms with van der Waals surface area (Å²) in [5.41, 5.74) is 2.03. The molecule has 2 heterocycles. The maximum Gasteiger partial charge on any atom is 0.252 e. The predicted molar refractivity (Wildman–Crippen MR) is 81.2 cm³/mol. The van der Waals surface area contributed by atoms with E-state index in [-0.39, 0.29) is 0 Å². The first-order valence-electron chi connectivity index (χ1n) is 6.74. The highest BCUT2D eigenvalue weighted by atomic mass is 16.5. The van der Waals surface area contributed by atoms with E-state index in [1.165, 1.54) is 6.33 Å². The zero-order valence-electron chi connectivity index (χ0n) is 12.6. The van der Waals surface area contributed by atoms with Crippen LogP contribution in [-0.2, 0) is 6.54 Å². The van der Waals surface area contributed by atoms with Crippen molar-refractivity contribution in [3.8, 4) is 11.5 Å². The number of fused-ring (bicyclic) bond motifs is 1. The van der Waals surface area contributed by atoms with Crippen LogP contribution in [0, 0.1) is 6.92 Å². The summed E-state index contributed by atoms with van der Waals surface area (Å²) < 4.78 is 16.1. The van der Waals surface area contributed by atoms with Crippen LogP contribution >= 0.6 is 0 Å². The van der Waals surface area contributed by atoms with Crippen LogP contribution in [0.25, 0.3) is 11.2 Å². The van der Waals surface area contributed by atoms with E-state index in [0.29, 0.717) is 41.0 Å². The number of ether oxygens (including phenoxy) is 2. The number of nitrogens with zero attached hydrogens (tertiary/aromatic N) is 3. The van der Waals surface area contributed by atoms with E-state index in [1.54, 1.807) is 21.1 Å². The number of rotatable bonds is 5. The monoisotopic (exact) mass is 300 g/mol. The molecule has 7 heteroatoms. The quantitative estimate of drug-likeness (QED) is 0.775. The van der Waals surface area contributed by atoms with Gasteiger partial charge in [-0.15, -0.1) is 0 Å². The second-order valence-electron chi connectivity index (χ2n) is 4.62. The van der Waals surface area contributed by atoms with Crippen LogP contribution in [-0.4, -0.2) is 29.2 Å². The highest BCUT2D eigenvalue weighted by molar-refractivity contribution is 5.80. The van der Waals surface area contributed by atoms with Crippen molar-refractivity contribution >= 4 is 17.0 Å². The second kappa shape index (κ2) is 5.88. The lowest BCUT2D eigenvalue weighted by Crippen LogP contribution is -2.05. The molecule has 0 unspecified atom stereocenters. The van der Waals surface area contributed by atoms with E-state index in [4.69, 9.17) is 13.9 Å². The molecule has 1 N–H and O–H groups in total. The average Bonchev–Trinajstić information content (AvgIpc) is 2.93. The standard InChI is InChI=1S/C15H16N4O3/c1-9-19-12-14(17-8-18-15(12)22-9)16-7-10-5-4-6-11(20-2)13(10)21-3/h4-6,8H,7H2,1-3H3,(H,16,17,18). The first-order chi connectivity index (χ1) is 10.7. The molecule has 0 saturated carbocycles. The Morgan fingerprint density at radius 1 is 1.18 bits per heavy atom. The highest BCUT2D eigenvalue weighted by Gasteiger charge is 2.12.